The Labute approximate surface area is 232 Å². The fourth-order valence-electron chi connectivity index (χ4n) is 8.60. The first kappa shape index (κ1) is 26.6. The van der Waals surface area contributed by atoms with Crippen LogP contribution in [0.4, 0.5) is 0 Å². The smallest absolute Gasteiger partial charge is 0.161 e. The van der Waals surface area contributed by atoms with Gasteiger partial charge in [-0.2, -0.15) is 0 Å². The SMILES string of the molecule is COc1cc(C=C2CC3C4CC=C5CC(O)CC[C@]5(C)C4CC[C@]3(C)C2O)ccc1OCCCn1ccnc1. The Hall–Kier alpha value is -2.57. The quantitative estimate of drug-likeness (QED) is 0.336. The van der Waals surface area contributed by atoms with Gasteiger partial charge in [-0.3, -0.25) is 0 Å². The number of rotatable bonds is 7. The normalized spacial score (nSPS) is 36.6. The summed E-state index contributed by atoms with van der Waals surface area (Å²) in [7, 11) is 1.68. The summed E-state index contributed by atoms with van der Waals surface area (Å²) in [4.78, 5) is 4.08. The van der Waals surface area contributed by atoms with Crippen molar-refractivity contribution in [2.45, 2.75) is 84.0 Å². The summed E-state index contributed by atoms with van der Waals surface area (Å²) in [6.45, 7) is 6.25. The number of hydrogen-bond acceptors (Lipinski definition) is 5. The molecule has 0 radical (unpaired) electrons. The highest BCUT2D eigenvalue weighted by Gasteiger charge is 2.59. The van der Waals surface area contributed by atoms with Gasteiger partial charge in [0.25, 0.3) is 0 Å². The van der Waals surface area contributed by atoms with Crippen molar-refractivity contribution in [2.75, 3.05) is 13.7 Å². The summed E-state index contributed by atoms with van der Waals surface area (Å²) < 4.78 is 13.8. The highest BCUT2D eigenvalue weighted by Crippen LogP contribution is 2.65. The summed E-state index contributed by atoms with van der Waals surface area (Å²) in [5, 5.41) is 22.0. The van der Waals surface area contributed by atoms with Crippen LogP contribution in [-0.4, -0.2) is 45.7 Å². The number of methoxy groups -OCH3 is 1. The number of aryl methyl sites for hydroxylation is 1. The summed E-state index contributed by atoms with van der Waals surface area (Å²) in [6.07, 6.45) is 17.7. The van der Waals surface area contributed by atoms with Gasteiger partial charge in [0.15, 0.2) is 11.5 Å². The molecule has 0 bridgehead atoms. The largest absolute Gasteiger partial charge is 0.493 e. The predicted molar refractivity (Wildman–Crippen MR) is 152 cm³/mol. The molecule has 1 aromatic carbocycles. The third-order valence-electron chi connectivity index (χ3n) is 10.9. The lowest BCUT2D eigenvalue weighted by atomic mass is 9.48. The van der Waals surface area contributed by atoms with E-state index in [-0.39, 0.29) is 16.9 Å². The zero-order valence-electron chi connectivity index (χ0n) is 23.7. The molecule has 2 aromatic rings. The number of allylic oxidation sites excluding steroid dienone is 1. The third kappa shape index (κ3) is 4.74. The van der Waals surface area contributed by atoms with Crippen LogP contribution < -0.4 is 9.47 Å². The first-order valence-corrected chi connectivity index (χ1v) is 14.8. The number of benzene rings is 1. The number of aliphatic hydroxyl groups excluding tert-OH is 2. The van der Waals surface area contributed by atoms with Crippen molar-refractivity contribution >= 4 is 6.08 Å². The number of aromatic nitrogens is 2. The lowest BCUT2D eigenvalue weighted by Crippen LogP contribution is -2.51. The fourth-order valence-corrected chi connectivity index (χ4v) is 8.60. The van der Waals surface area contributed by atoms with Gasteiger partial charge in [0.1, 0.15) is 0 Å². The van der Waals surface area contributed by atoms with Crippen LogP contribution in [0.15, 0.2) is 54.1 Å². The Balaban J connectivity index is 1.17. The first-order chi connectivity index (χ1) is 18.8. The van der Waals surface area contributed by atoms with E-state index >= 15 is 0 Å². The molecule has 5 unspecified atom stereocenters. The Morgan fingerprint density at radius 2 is 1.97 bits per heavy atom. The molecule has 7 atom stereocenters. The summed E-state index contributed by atoms with van der Waals surface area (Å²) >= 11 is 0. The van der Waals surface area contributed by atoms with Gasteiger partial charge in [0, 0.05) is 24.4 Å². The Morgan fingerprint density at radius 1 is 1.10 bits per heavy atom. The van der Waals surface area contributed by atoms with Crippen LogP contribution in [0.1, 0.15) is 70.8 Å². The van der Waals surface area contributed by atoms with E-state index in [1.54, 1.807) is 13.3 Å². The molecule has 2 N–H and O–H groups in total. The molecule has 0 spiro atoms. The van der Waals surface area contributed by atoms with Crippen LogP contribution in [0.5, 0.6) is 11.5 Å². The maximum Gasteiger partial charge on any atom is 0.161 e. The first-order valence-electron chi connectivity index (χ1n) is 14.8. The number of imidazole rings is 1. The van der Waals surface area contributed by atoms with Crippen molar-refractivity contribution in [1.29, 1.82) is 0 Å². The molecule has 0 amide bonds. The van der Waals surface area contributed by atoms with Crippen LogP contribution in [0.25, 0.3) is 6.08 Å². The molecule has 39 heavy (non-hydrogen) atoms. The molecule has 3 fully saturated rings. The molecular formula is C33H44N2O4. The number of fused-ring (bicyclic) bond motifs is 5. The zero-order valence-corrected chi connectivity index (χ0v) is 23.7. The second-order valence-electron chi connectivity index (χ2n) is 12.9. The van der Waals surface area contributed by atoms with Crippen molar-refractivity contribution in [1.82, 2.24) is 9.55 Å². The Morgan fingerprint density at radius 3 is 2.77 bits per heavy atom. The van der Waals surface area contributed by atoms with E-state index in [1.165, 1.54) is 12.0 Å². The average molecular weight is 533 g/mol. The molecule has 1 heterocycles. The molecule has 6 heteroatoms. The maximum absolute atomic E-state index is 11.6. The van der Waals surface area contributed by atoms with Gasteiger partial charge in [0.2, 0.25) is 0 Å². The number of ether oxygens (including phenoxy) is 2. The minimum atomic E-state index is -0.417. The number of aliphatic hydroxyl groups is 2. The van der Waals surface area contributed by atoms with E-state index in [0.717, 1.165) is 74.1 Å². The average Bonchev–Trinajstić information content (AvgIpc) is 3.54. The van der Waals surface area contributed by atoms with Crippen molar-refractivity contribution in [3.63, 3.8) is 0 Å². The molecule has 4 aliphatic carbocycles. The van der Waals surface area contributed by atoms with Crippen LogP contribution in [0.2, 0.25) is 0 Å². The highest BCUT2D eigenvalue weighted by molar-refractivity contribution is 5.60. The Bertz CT molecular complexity index is 1240. The summed E-state index contributed by atoms with van der Waals surface area (Å²) in [6, 6.07) is 6.09. The Kier molecular flexibility index (Phi) is 7.13. The van der Waals surface area contributed by atoms with E-state index in [0.29, 0.717) is 24.4 Å². The number of nitrogens with zero attached hydrogens (tertiary/aromatic N) is 2. The fraction of sp³-hybridized carbons (Fsp3) is 0.606. The minimum Gasteiger partial charge on any atom is -0.493 e. The van der Waals surface area contributed by atoms with Crippen molar-refractivity contribution in [3.05, 3.63) is 59.7 Å². The maximum atomic E-state index is 11.6. The van der Waals surface area contributed by atoms with Gasteiger partial charge in [0.05, 0.1) is 32.3 Å². The van der Waals surface area contributed by atoms with E-state index in [4.69, 9.17) is 9.47 Å². The van der Waals surface area contributed by atoms with E-state index in [9.17, 15) is 10.2 Å². The molecule has 6 nitrogen and oxygen atoms in total. The van der Waals surface area contributed by atoms with Crippen LogP contribution in [0.3, 0.4) is 0 Å². The van der Waals surface area contributed by atoms with Gasteiger partial charge in [-0.05, 0) is 97.8 Å². The lowest BCUT2D eigenvalue weighted by molar-refractivity contribution is -0.0685. The van der Waals surface area contributed by atoms with E-state index in [1.807, 2.05) is 29.2 Å². The van der Waals surface area contributed by atoms with Gasteiger partial charge in [-0.1, -0.05) is 37.6 Å². The van der Waals surface area contributed by atoms with E-state index in [2.05, 4.69) is 37.0 Å². The topological polar surface area (TPSA) is 76.7 Å². The summed E-state index contributed by atoms with van der Waals surface area (Å²) in [5.41, 5.74) is 3.83. The summed E-state index contributed by atoms with van der Waals surface area (Å²) in [5.74, 6) is 3.21. The minimum absolute atomic E-state index is 0.0781. The second-order valence-corrected chi connectivity index (χ2v) is 12.9. The van der Waals surface area contributed by atoms with Gasteiger partial charge in [-0.15, -0.1) is 0 Å². The highest BCUT2D eigenvalue weighted by atomic mass is 16.5. The third-order valence-corrected chi connectivity index (χ3v) is 10.9. The molecule has 4 aliphatic rings. The van der Waals surface area contributed by atoms with Crippen LogP contribution in [0, 0.1) is 28.6 Å². The molecule has 3 saturated carbocycles. The number of hydrogen-bond donors (Lipinski definition) is 2. The molecular weight excluding hydrogens is 488 g/mol. The lowest BCUT2D eigenvalue weighted by Gasteiger charge is -2.57. The molecule has 210 valence electrons. The second kappa shape index (κ2) is 10.4. The van der Waals surface area contributed by atoms with Crippen molar-refractivity contribution in [2.24, 2.45) is 28.6 Å². The van der Waals surface area contributed by atoms with Gasteiger partial charge in [-0.25, -0.2) is 4.98 Å². The predicted octanol–water partition coefficient (Wildman–Crippen LogP) is 6.04. The van der Waals surface area contributed by atoms with Crippen LogP contribution in [-0.2, 0) is 6.54 Å². The molecule has 0 saturated heterocycles. The molecule has 0 aliphatic heterocycles. The van der Waals surface area contributed by atoms with Gasteiger partial charge < -0.3 is 24.3 Å². The zero-order chi connectivity index (χ0) is 27.2. The van der Waals surface area contributed by atoms with Crippen molar-refractivity contribution in [3.8, 4) is 11.5 Å². The van der Waals surface area contributed by atoms with Crippen molar-refractivity contribution < 1.29 is 19.7 Å². The van der Waals surface area contributed by atoms with E-state index < -0.39 is 6.10 Å². The molecule has 1 aromatic heterocycles. The molecule has 6 rings (SSSR count). The standard InChI is InChI=1S/C33H44N2O4/c1-32-11-9-25(36)20-24(32)6-7-26-27(32)10-12-33(2)28(26)19-23(31(33)37)17-22-5-8-29(30(18-22)38-3)39-16-4-14-35-15-13-34-21-35/h5-6,8,13,15,17-18,21,25-28,31,36-37H,4,7,9-12,14,16,19-20H2,1-3H3/t25?,26?,27?,28?,31?,32-,33-/m0/s1. The van der Waals surface area contributed by atoms with Crippen LogP contribution >= 0.6 is 0 Å². The monoisotopic (exact) mass is 532 g/mol. The van der Waals surface area contributed by atoms with Gasteiger partial charge >= 0.3 is 0 Å².